The molecule has 3 rings (SSSR count). The van der Waals surface area contributed by atoms with Crippen LogP contribution in [0.15, 0.2) is 54.6 Å². The van der Waals surface area contributed by atoms with E-state index in [9.17, 15) is 9.59 Å². The van der Waals surface area contributed by atoms with Gasteiger partial charge < -0.3 is 10.1 Å². The van der Waals surface area contributed by atoms with Crippen molar-refractivity contribution >= 4 is 17.6 Å². The van der Waals surface area contributed by atoms with Crippen molar-refractivity contribution in [1.29, 1.82) is 0 Å². The molecule has 4 heteroatoms. The number of esters is 1. The van der Waals surface area contributed by atoms with E-state index < -0.39 is 0 Å². The molecule has 1 fully saturated rings. The van der Waals surface area contributed by atoms with Gasteiger partial charge in [0.1, 0.15) is 0 Å². The van der Waals surface area contributed by atoms with Gasteiger partial charge in [0.25, 0.3) is 5.91 Å². The van der Waals surface area contributed by atoms with Gasteiger partial charge in [0.2, 0.25) is 0 Å². The zero-order valence-electron chi connectivity index (χ0n) is 16.4. The highest BCUT2D eigenvalue weighted by Gasteiger charge is 2.16. The number of anilines is 1. The van der Waals surface area contributed by atoms with Crippen molar-refractivity contribution in [2.24, 2.45) is 5.92 Å². The molecule has 1 N–H and O–H groups in total. The minimum Gasteiger partial charge on any atom is -0.456 e. The summed E-state index contributed by atoms with van der Waals surface area (Å²) in [5.74, 6) is 0.0600. The normalized spacial score (nSPS) is 14.4. The number of benzene rings is 2. The van der Waals surface area contributed by atoms with Crippen molar-refractivity contribution in [2.45, 2.75) is 51.4 Å². The van der Waals surface area contributed by atoms with Crippen LogP contribution in [0.3, 0.4) is 0 Å². The van der Waals surface area contributed by atoms with Crippen LogP contribution in [0.4, 0.5) is 5.69 Å². The van der Waals surface area contributed by atoms with Crippen molar-refractivity contribution in [1.82, 2.24) is 0 Å². The van der Waals surface area contributed by atoms with Crippen LogP contribution in [-0.2, 0) is 20.7 Å². The third-order valence-electron chi connectivity index (χ3n) is 5.37. The molecule has 0 atom stereocenters. The lowest BCUT2D eigenvalue weighted by Crippen LogP contribution is -2.22. The van der Waals surface area contributed by atoms with Gasteiger partial charge in [-0.2, -0.15) is 0 Å². The van der Waals surface area contributed by atoms with Gasteiger partial charge >= 0.3 is 5.97 Å². The van der Waals surface area contributed by atoms with Gasteiger partial charge in [0, 0.05) is 12.1 Å². The number of rotatable bonds is 8. The molecule has 0 unspecified atom stereocenters. The number of carbonyl (C=O) groups is 2. The Hall–Kier alpha value is -2.62. The fraction of sp³-hybridized carbons (Fsp3) is 0.417. The summed E-state index contributed by atoms with van der Waals surface area (Å²) in [6.45, 7) is -0.233. The maximum atomic E-state index is 12.2. The number of carbonyl (C=O) groups excluding carboxylic acids is 2. The maximum absolute atomic E-state index is 12.2. The smallest absolute Gasteiger partial charge is 0.306 e. The van der Waals surface area contributed by atoms with E-state index in [2.05, 4.69) is 17.4 Å². The zero-order valence-corrected chi connectivity index (χ0v) is 16.4. The molecule has 0 radical (unpaired) electrons. The quantitative estimate of drug-likeness (QED) is 0.648. The van der Waals surface area contributed by atoms with Crippen molar-refractivity contribution < 1.29 is 14.3 Å². The Morgan fingerprint density at radius 3 is 2.43 bits per heavy atom. The van der Waals surface area contributed by atoms with Crippen molar-refractivity contribution in [3.63, 3.8) is 0 Å². The van der Waals surface area contributed by atoms with Crippen LogP contribution in [0.25, 0.3) is 0 Å². The number of hydrogen-bond acceptors (Lipinski definition) is 3. The van der Waals surface area contributed by atoms with Crippen LogP contribution in [0, 0.1) is 5.92 Å². The molecule has 0 aromatic heterocycles. The molecular formula is C24H29NO3. The molecule has 2 aromatic rings. The Morgan fingerprint density at radius 1 is 0.929 bits per heavy atom. The highest BCUT2D eigenvalue weighted by atomic mass is 16.5. The predicted molar refractivity (Wildman–Crippen MR) is 111 cm³/mol. The average Bonchev–Trinajstić information content (AvgIpc) is 2.74. The van der Waals surface area contributed by atoms with Crippen molar-refractivity contribution in [2.75, 3.05) is 11.9 Å². The van der Waals surface area contributed by atoms with Crippen molar-refractivity contribution in [3.05, 3.63) is 65.7 Å². The topological polar surface area (TPSA) is 55.4 Å². The van der Waals surface area contributed by atoms with E-state index >= 15 is 0 Å². The monoisotopic (exact) mass is 379 g/mol. The number of ether oxygens (including phenoxy) is 1. The largest absolute Gasteiger partial charge is 0.456 e. The minimum atomic E-state index is -0.300. The van der Waals surface area contributed by atoms with Gasteiger partial charge in [-0.1, -0.05) is 80.6 Å². The van der Waals surface area contributed by atoms with Gasteiger partial charge in [-0.05, 0) is 36.0 Å². The number of amides is 1. The molecular weight excluding hydrogens is 350 g/mol. The maximum Gasteiger partial charge on any atom is 0.306 e. The van der Waals surface area contributed by atoms with Gasteiger partial charge in [-0.3, -0.25) is 9.59 Å². The van der Waals surface area contributed by atoms with Crippen LogP contribution in [0.5, 0.6) is 0 Å². The Bertz CT molecular complexity index is 766. The lowest BCUT2D eigenvalue weighted by molar-refractivity contribution is -0.147. The summed E-state index contributed by atoms with van der Waals surface area (Å²) >= 11 is 0. The summed E-state index contributed by atoms with van der Waals surface area (Å²) in [7, 11) is 0. The lowest BCUT2D eigenvalue weighted by Gasteiger charge is -2.20. The minimum absolute atomic E-state index is 0.233. The fourth-order valence-corrected chi connectivity index (χ4v) is 3.81. The molecule has 1 aliphatic carbocycles. The predicted octanol–water partition coefficient (Wildman–Crippen LogP) is 5.12. The van der Waals surface area contributed by atoms with Crippen LogP contribution in [0.1, 0.15) is 56.1 Å². The molecule has 0 saturated heterocycles. The van der Waals surface area contributed by atoms with E-state index in [0.717, 1.165) is 24.1 Å². The SMILES string of the molecule is O=C(COC(=O)CCC1CCCCC1)Nc1ccccc1Cc1ccccc1. The summed E-state index contributed by atoms with van der Waals surface area (Å²) < 4.78 is 5.17. The first-order chi connectivity index (χ1) is 13.7. The molecule has 1 aliphatic rings. The number of nitrogens with one attached hydrogen (secondary N) is 1. The third-order valence-corrected chi connectivity index (χ3v) is 5.37. The van der Waals surface area contributed by atoms with Crippen molar-refractivity contribution in [3.8, 4) is 0 Å². The van der Waals surface area contributed by atoms with Crippen LogP contribution < -0.4 is 5.32 Å². The van der Waals surface area contributed by atoms with E-state index in [1.54, 1.807) is 0 Å². The highest BCUT2D eigenvalue weighted by Crippen LogP contribution is 2.27. The molecule has 148 valence electrons. The third kappa shape index (κ3) is 6.52. The second-order valence-electron chi connectivity index (χ2n) is 7.57. The van der Waals surface area contributed by atoms with Gasteiger partial charge in [0.05, 0.1) is 0 Å². The molecule has 4 nitrogen and oxygen atoms in total. The number of hydrogen-bond donors (Lipinski definition) is 1. The summed E-state index contributed by atoms with van der Waals surface area (Å²) in [6, 6.07) is 17.8. The van der Waals surface area contributed by atoms with Gasteiger partial charge in [0.15, 0.2) is 6.61 Å². The van der Waals surface area contributed by atoms with Gasteiger partial charge in [-0.15, -0.1) is 0 Å². The first-order valence-electron chi connectivity index (χ1n) is 10.3. The second kappa shape index (κ2) is 10.6. The summed E-state index contributed by atoms with van der Waals surface area (Å²) in [6.07, 6.45) is 8.29. The summed E-state index contributed by atoms with van der Waals surface area (Å²) in [4.78, 5) is 24.2. The zero-order chi connectivity index (χ0) is 19.6. The Morgan fingerprint density at radius 2 is 1.64 bits per heavy atom. The average molecular weight is 380 g/mol. The molecule has 28 heavy (non-hydrogen) atoms. The van der Waals surface area contributed by atoms with E-state index in [1.807, 2.05) is 42.5 Å². The fourth-order valence-electron chi connectivity index (χ4n) is 3.81. The van der Waals surface area contributed by atoms with E-state index in [1.165, 1.54) is 37.7 Å². The van der Waals surface area contributed by atoms with E-state index in [4.69, 9.17) is 4.74 Å². The molecule has 1 amide bonds. The molecule has 0 aliphatic heterocycles. The second-order valence-corrected chi connectivity index (χ2v) is 7.57. The van der Waals surface area contributed by atoms with Crippen LogP contribution in [-0.4, -0.2) is 18.5 Å². The van der Waals surface area contributed by atoms with Gasteiger partial charge in [-0.25, -0.2) is 0 Å². The molecule has 1 saturated carbocycles. The molecule has 2 aromatic carbocycles. The highest BCUT2D eigenvalue weighted by molar-refractivity contribution is 5.93. The standard InChI is InChI=1S/C24H29NO3/c26-23(18-28-24(27)16-15-19-9-3-1-4-10-19)25-22-14-8-7-13-21(22)17-20-11-5-2-6-12-20/h2,5-8,11-14,19H,1,3-4,9-10,15-18H2,(H,25,26). The summed E-state index contributed by atoms with van der Waals surface area (Å²) in [5, 5.41) is 2.88. The number of para-hydroxylation sites is 1. The molecule has 0 bridgehead atoms. The Labute approximate surface area is 167 Å². The first-order valence-corrected chi connectivity index (χ1v) is 10.3. The Kier molecular flexibility index (Phi) is 7.65. The Balaban J connectivity index is 1.45. The molecule has 0 spiro atoms. The van der Waals surface area contributed by atoms with E-state index in [0.29, 0.717) is 12.3 Å². The summed E-state index contributed by atoms with van der Waals surface area (Å²) in [5.41, 5.74) is 2.97. The van der Waals surface area contributed by atoms with Crippen LogP contribution >= 0.6 is 0 Å². The molecule has 0 heterocycles. The lowest BCUT2D eigenvalue weighted by atomic mass is 9.86. The van der Waals surface area contributed by atoms with E-state index in [-0.39, 0.29) is 18.5 Å². The van der Waals surface area contributed by atoms with Crippen LogP contribution in [0.2, 0.25) is 0 Å². The first kappa shape index (κ1) is 20.1.